The van der Waals surface area contributed by atoms with Crippen molar-refractivity contribution in [3.63, 3.8) is 0 Å². The fraction of sp³-hybridized carbons (Fsp3) is 0.611. The SMILES string of the molecule is C=CCCN=C1CCC(C)(C)/C=C(/CC=C)C(C)C1. The van der Waals surface area contributed by atoms with Gasteiger partial charge in [-0.3, -0.25) is 4.99 Å². The molecule has 0 saturated carbocycles. The Morgan fingerprint density at radius 2 is 2.11 bits per heavy atom. The van der Waals surface area contributed by atoms with Crippen LogP contribution in [0.1, 0.15) is 52.9 Å². The van der Waals surface area contributed by atoms with E-state index in [1.807, 2.05) is 12.2 Å². The number of rotatable bonds is 5. The predicted octanol–water partition coefficient (Wildman–Crippen LogP) is 5.35. The van der Waals surface area contributed by atoms with Crippen LogP contribution < -0.4 is 0 Å². The second-order valence-electron chi connectivity index (χ2n) is 6.33. The molecule has 0 aromatic carbocycles. The molecule has 0 aliphatic heterocycles. The monoisotopic (exact) mass is 259 g/mol. The van der Waals surface area contributed by atoms with Gasteiger partial charge in [-0.05, 0) is 43.4 Å². The van der Waals surface area contributed by atoms with Gasteiger partial charge in [-0.15, -0.1) is 13.2 Å². The zero-order valence-corrected chi connectivity index (χ0v) is 12.9. The molecular formula is C18H29N. The van der Waals surface area contributed by atoms with Crippen LogP contribution in [0.5, 0.6) is 0 Å². The first-order valence-corrected chi connectivity index (χ1v) is 7.44. The molecule has 106 valence electrons. The predicted molar refractivity (Wildman–Crippen MR) is 86.8 cm³/mol. The molecule has 1 unspecified atom stereocenters. The summed E-state index contributed by atoms with van der Waals surface area (Å²) in [7, 11) is 0. The van der Waals surface area contributed by atoms with Crippen LogP contribution >= 0.6 is 0 Å². The van der Waals surface area contributed by atoms with Crippen molar-refractivity contribution < 1.29 is 0 Å². The topological polar surface area (TPSA) is 12.4 Å². The number of allylic oxidation sites excluding steroid dienone is 3. The highest BCUT2D eigenvalue weighted by Crippen LogP contribution is 2.34. The molecule has 0 bridgehead atoms. The maximum absolute atomic E-state index is 4.78. The molecule has 1 heteroatoms. The number of hydrogen-bond acceptors (Lipinski definition) is 1. The van der Waals surface area contributed by atoms with Gasteiger partial charge in [-0.25, -0.2) is 0 Å². The maximum Gasteiger partial charge on any atom is 0.0423 e. The fourth-order valence-electron chi connectivity index (χ4n) is 2.65. The minimum atomic E-state index is 0.270. The molecule has 19 heavy (non-hydrogen) atoms. The van der Waals surface area contributed by atoms with Gasteiger partial charge in [0.25, 0.3) is 0 Å². The first-order valence-electron chi connectivity index (χ1n) is 7.44. The molecule has 0 amide bonds. The highest BCUT2D eigenvalue weighted by atomic mass is 14.7. The van der Waals surface area contributed by atoms with Crippen molar-refractivity contribution in [2.45, 2.75) is 52.9 Å². The average Bonchev–Trinajstić information content (AvgIpc) is 2.34. The summed E-state index contributed by atoms with van der Waals surface area (Å²) in [6.07, 6.45) is 11.9. The Balaban J connectivity index is 2.87. The molecule has 1 atom stereocenters. The molecule has 0 saturated heterocycles. The summed E-state index contributed by atoms with van der Waals surface area (Å²) >= 11 is 0. The molecule has 0 aromatic rings. The maximum atomic E-state index is 4.78. The van der Waals surface area contributed by atoms with Gasteiger partial charge in [-0.2, -0.15) is 0 Å². The fourth-order valence-corrected chi connectivity index (χ4v) is 2.65. The quantitative estimate of drug-likeness (QED) is 0.466. The van der Waals surface area contributed by atoms with Crippen LogP contribution in [0.3, 0.4) is 0 Å². The van der Waals surface area contributed by atoms with Crippen molar-refractivity contribution in [1.29, 1.82) is 0 Å². The zero-order chi connectivity index (χ0) is 14.3. The lowest BCUT2D eigenvalue weighted by Crippen LogP contribution is -2.19. The molecule has 1 nitrogen and oxygen atoms in total. The van der Waals surface area contributed by atoms with E-state index >= 15 is 0 Å². The Hall–Kier alpha value is -1.11. The van der Waals surface area contributed by atoms with Gasteiger partial charge in [0.05, 0.1) is 0 Å². The second-order valence-corrected chi connectivity index (χ2v) is 6.33. The van der Waals surface area contributed by atoms with Crippen molar-refractivity contribution in [2.75, 3.05) is 6.54 Å². The highest BCUT2D eigenvalue weighted by Gasteiger charge is 2.23. The first kappa shape index (κ1) is 15.9. The van der Waals surface area contributed by atoms with E-state index < -0.39 is 0 Å². The van der Waals surface area contributed by atoms with E-state index in [2.05, 4.69) is 40.0 Å². The third kappa shape index (κ3) is 5.59. The van der Waals surface area contributed by atoms with E-state index in [1.54, 1.807) is 0 Å². The van der Waals surface area contributed by atoms with Gasteiger partial charge in [0.2, 0.25) is 0 Å². The first-order chi connectivity index (χ1) is 8.98. The summed E-state index contributed by atoms with van der Waals surface area (Å²) in [5, 5.41) is 0. The van der Waals surface area contributed by atoms with Crippen LogP contribution in [0.25, 0.3) is 0 Å². The summed E-state index contributed by atoms with van der Waals surface area (Å²) in [5.41, 5.74) is 3.18. The van der Waals surface area contributed by atoms with Gasteiger partial charge in [-0.1, -0.05) is 44.6 Å². The van der Waals surface area contributed by atoms with Crippen molar-refractivity contribution in [3.8, 4) is 0 Å². The number of aliphatic imine (C=N–C) groups is 1. The Kier molecular flexibility index (Phi) is 6.27. The second kappa shape index (κ2) is 7.47. The Labute approximate surface area is 119 Å². The third-order valence-corrected chi connectivity index (χ3v) is 3.86. The molecule has 0 radical (unpaired) electrons. The molecule has 0 N–H and O–H groups in total. The van der Waals surface area contributed by atoms with Crippen LogP contribution in [0.2, 0.25) is 0 Å². The van der Waals surface area contributed by atoms with E-state index in [0.29, 0.717) is 5.92 Å². The molecule has 1 rings (SSSR count). The lowest BCUT2D eigenvalue weighted by molar-refractivity contribution is 0.429. The summed E-state index contributed by atoms with van der Waals surface area (Å²) in [5.74, 6) is 0.583. The van der Waals surface area contributed by atoms with Gasteiger partial charge >= 0.3 is 0 Å². The Bertz CT molecular complexity index is 371. The summed E-state index contributed by atoms with van der Waals surface area (Å²) < 4.78 is 0. The van der Waals surface area contributed by atoms with Crippen molar-refractivity contribution in [3.05, 3.63) is 37.0 Å². The minimum absolute atomic E-state index is 0.270. The number of hydrogen-bond donors (Lipinski definition) is 0. The van der Waals surface area contributed by atoms with Crippen LogP contribution in [0.15, 0.2) is 42.0 Å². The molecule has 0 spiro atoms. The van der Waals surface area contributed by atoms with Gasteiger partial charge in [0.1, 0.15) is 0 Å². The van der Waals surface area contributed by atoms with Gasteiger partial charge in [0, 0.05) is 12.3 Å². The molecule has 0 heterocycles. The smallest absolute Gasteiger partial charge is 0.0423 e. The summed E-state index contributed by atoms with van der Waals surface area (Å²) in [4.78, 5) is 4.78. The molecule has 0 fully saturated rings. The third-order valence-electron chi connectivity index (χ3n) is 3.86. The lowest BCUT2D eigenvalue weighted by Gasteiger charge is -2.29. The average molecular weight is 259 g/mol. The van der Waals surface area contributed by atoms with Crippen LogP contribution in [-0.4, -0.2) is 12.3 Å². The van der Waals surface area contributed by atoms with Gasteiger partial charge < -0.3 is 0 Å². The molecule has 1 aliphatic rings. The van der Waals surface area contributed by atoms with E-state index in [1.165, 1.54) is 17.7 Å². The normalized spacial score (nSPS) is 28.1. The van der Waals surface area contributed by atoms with E-state index in [4.69, 9.17) is 4.99 Å². The van der Waals surface area contributed by atoms with Crippen LogP contribution in [0.4, 0.5) is 0 Å². The van der Waals surface area contributed by atoms with Crippen LogP contribution in [-0.2, 0) is 0 Å². The van der Waals surface area contributed by atoms with E-state index in [9.17, 15) is 0 Å². The van der Waals surface area contributed by atoms with E-state index in [0.717, 1.165) is 32.2 Å². The summed E-state index contributed by atoms with van der Waals surface area (Å²) in [6.45, 7) is 15.5. The van der Waals surface area contributed by atoms with E-state index in [-0.39, 0.29) is 5.41 Å². The lowest BCUT2D eigenvalue weighted by atomic mass is 9.77. The summed E-state index contributed by atoms with van der Waals surface area (Å²) in [6, 6.07) is 0. The largest absolute Gasteiger partial charge is 0.294 e. The zero-order valence-electron chi connectivity index (χ0n) is 12.9. The van der Waals surface area contributed by atoms with Gasteiger partial charge in [0.15, 0.2) is 0 Å². The molecular weight excluding hydrogens is 230 g/mol. The molecule has 1 aliphatic carbocycles. The Morgan fingerprint density at radius 1 is 1.37 bits per heavy atom. The van der Waals surface area contributed by atoms with Crippen molar-refractivity contribution in [1.82, 2.24) is 0 Å². The van der Waals surface area contributed by atoms with Crippen LogP contribution in [0, 0.1) is 11.3 Å². The highest BCUT2D eigenvalue weighted by molar-refractivity contribution is 5.85. The van der Waals surface area contributed by atoms with Crippen molar-refractivity contribution >= 4 is 5.71 Å². The van der Waals surface area contributed by atoms with Crippen molar-refractivity contribution in [2.24, 2.45) is 16.3 Å². The minimum Gasteiger partial charge on any atom is -0.294 e. The molecule has 0 aromatic heterocycles. The standard InChI is InChI=1S/C18H29N/c1-6-8-12-19-17-10-11-18(4,5)14-16(9-7-2)15(3)13-17/h6-7,14-15H,1-2,8-13H2,3-5H3/b16-14-,19-17?. The Morgan fingerprint density at radius 3 is 2.74 bits per heavy atom. The number of nitrogens with zero attached hydrogens (tertiary/aromatic N) is 1.